The molecule has 0 radical (unpaired) electrons. The fraction of sp³-hybridized carbons (Fsp3) is 0.417. The molecular weight excluding hydrogens is 224 g/mol. The van der Waals surface area contributed by atoms with E-state index in [0.29, 0.717) is 5.56 Å². The standard InChI is InChI=1S/C12H16O3S/c1-12(2,3)11(13)9-5-7-10(8-6-9)16(4,14)15/h5-8H,1-4H3. The molecule has 16 heavy (non-hydrogen) atoms. The molecule has 1 rings (SSSR count). The third kappa shape index (κ3) is 2.92. The van der Waals surface area contributed by atoms with Crippen molar-refractivity contribution in [3.63, 3.8) is 0 Å². The number of carbonyl (C=O) groups excluding carboxylic acids is 1. The zero-order valence-corrected chi connectivity index (χ0v) is 10.8. The Balaban J connectivity index is 3.10. The molecule has 0 saturated carbocycles. The first-order chi connectivity index (χ1) is 7.12. The quantitative estimate of drug-likeness (QED) is 0.745. The van der Waals surface area contributed by atoms with E-state index in [2.05, 4.69) is 0 Å². The van der Waals surface area contributed by atoms with Crippen LogP contribution in [0.25, 0.3) is 0 Å². The summed E-state index contributed by atoms with van der Waals surface area (Å²) in [6.45, 7) is 5.50. The summed E-state index contributed by atoms with van der Waals surface area (Å²) in [4.78, 5) is 12.1. The number of hydrogen-bond donors (Lipinski definition) is 0. The molecule has 0 atom stereocenters. The van der Waals surface area contributed by atoms with Crippen LogP contribution in [0.3, 0.4) is 0 Å². The predicted molar refractivity (Wildman–Crippen MR) is 63.3 cm³/mol. The van der Waals surface area contributed by atoms with Crippen molar-refractivity contribution < 1.29 is 13.2 Å². The Morgan fingerprint density at radius 2 is 1.50 bits per heavy atom. The summed E-state index contributed by atoms with van der Waals surface area (Å²) in [5.41, 5.74) is 0.0898. The van der Waals surface area contributed by atoms with Gasteiger partial charge in [0.15, 0.2) is 15.6 Å². The second-order valence-corrected chi connectivity index (χ2v) is 6.89. The van der Waals surface area contributed by atoms with Gasteiger partial charge in [-0.2, -0.15) is 0 Å². The van der Waals surface area contributed by atoms with Crippen molar-refractivity contribution in [2.45, 2.75) is 25.7 Å². The largest absolute Gasteiger partial charge is 0.294 e. The molecule has 0 heterocycles. The van der Waals surface area contributed by atoms with E-state index in [9.17, 15) is 13.2 Å². The second-order valence-electron chi connectivity index (χ2n) is 4.88. The number of benzene rings is 1. The highest BCUT2D eigenvalue weighted by molar-refractivity contribution is 7.90. The normalized spacial score (nSPS) is 12.5. The lowest BCUT2D eigenvalue weighted by Crippen LogP contribution is -2.20. The maximum absolute atomic E-state index is 11.9. The van der Waals surface area contributed by atoms with Crippen molar-refractivity contribution in [3.8, 4) is 0 Å². The molecule has 0 aliphatic carbocycles. The molecule has 0 N–H and O–H groups in total. The van der Waals surface area contributed by atoms with Crippen molar-refractivity contribution in [1.29, 1.82) is 0 Å². The van der Waals surface area contributed by atoms with Crippen LogP contribution in [0.1, 0.15) is 31.1 Å². The van der Waals surface area contributed by atoms with Crippen molar-refractivity contribution in [2.75, 3.05) is 6.26 Å². The van der Waals surface area contributed by atoms with Crippen LogP contribution in [0.2, 0.25) is 0 Å². The fourth-order valence-corrected chi connectivity index (χ4v) is 1.92. The van der Waals surface area contributed by atoms with Crippen LogP contribution in [0.15, 0.2) is 29.2 Å². The van der Waals surface area contributed by atoms with Gasteiger partial charge in [0.25, 0.3) is 0 Å². The summed E-state index contributed by atoms with van der Waals surface area (Å²) in [6.07, 6.45) is 1.15. The van der Waals surface area contributed by atoms with Gasteiger partial charge >= 0.3 is 0 Å². The Morgan fingerprint density at radius 1 is 1.06 bits per heavy atom. The van der Waals surface area contributed by atoms with Gasteiger partial charge in [-0.1, -0.05) is 32.9 Å². The number of ketones is 1. The van der Waals surface area contributed by atoms with Crippen molar-refractivity contribution in [3.05, 3.63) is 29.8 Å². The van der Waals surface area contributed by atoms with Gasteiger partial charge in [0, 0.05) is 17.2 Å². The molecule has 4 heteroatoms. The van der Waals surface area contributed by atoms with Gasteiger partial charge in [-0.3, -0.25) is 4.79 Å². The predicted octanol–water partition coefficient (Wildman–Crippen LogP) is 2.32. The smallest absolute Gasteiger partial charge is 0.175 e. The van der Waals surface area contributed by atoms with Gasteiger partial charge in [-0.25, -0.2) is 8.42 Å². The van der Waals surface area contributed by atoms with Gasteiger partial charge in [0.2, 0.25) is 0 Å². The molecule has 0 unspecified atom stereocenters. The fourth-order valence-electron chi connectivity index (χ4n) is 1.29. The van der Waals surface area contributed by atoms with Crippen LogP contribution in [0, 0.1) is 5.41 Å². The van der Waals surface area contributed by atoms with Crippen LogP contribution >= 0.6 is 0 Å². The Kier molecular flexibility index (Phi) is 3.24. The first kappa shape index (κ1) is 12.9. The van der Waals surface area contributed by atoms with E-state index >= 15 is 0 Å². The second kappa shape index (κ2) is 4.01. The Hall–Kier alpha value is -1.16. The van der Waals surface area contributed by atoms with Crippen LogP contribution in [0.5, 0.6) is 0 Å². The van der Waals surface area contributed by atoms with Crippen LogP contribution in [-0.4, -0.2) is 20.5 Å². The minimum Gasteiger partial charge on any atom is -0.294 e. The monoisotopic (exact) mass is 240 g/mol. The molecule has 0 spiro atoms. The number of sulfone groups is 1. The zero-order chi connectivity index (χ0) is 12.6. The van der Waals surface area contributed by atoms with E-state index in [1.165, 1.54) is 12.1 Å². The summed E-state index contributed by atoms with van der Waals surface area (Å²) in [5.74, 6) is 0.00699. The molecule has 0 aliphatic rings. The molecule has 0 aromatic heterocycles. The topological polar surface area (TPSA) is 51.2 Å². The Morgan fingerprint density at radius 3 is 1.81 bits per heavy atom. The Labute approximate surface area is 96.4 Å². The average Bonchev–Trinajstić information content (AvgIpc) is 2.14. The summed E-state index contributed by atoms with van der Waals surface area (Å²) < 4.78 is 22.5. The van der Waals surface area contributed by atoms with E-state index in [4.69, 9.17) is 0 Å². The third-order valence-corrected chi connectivity index (χ3v) is 3.35. The number of Topliss-reactive ketones (excluding diaryl/α,β-unsaturated/α-hetero) is 1. The average molecular weight is 240 g/mol. The van der Waals surface area contributed by atoms with Gasteiger partial charge in [-0.05, 0) is 12.1 Å². The van der Waals surface area contributed by atoms with Crippen LogP contribution < -0.4 is 0 Å². The molecule has 0 saturated heterocycles. The van der Waals surface area contributed by atoms with Gasteiger partial charge < -0.3 is 0 Å². The number of hydrogen-bond acceptors (Lipinski definition) is 3. The van der Waals surface area contributed by atoms with E-state index in [1.807, 2.05) is 20.8 Å². The molecule has 0 fully saturated rings. The van der Waals surface area contributed by atoms with Gasteiger partial charge in [0.1, 0.15) is 0 Å². The molecule has 3 nitrogen and oxygen atoms in total. The maximum Gasteiger partial charge on any atom is 0.175 e. The summed E-state index contributed by atoms with van der Waals surface area (Å²) in [5, 5.41) is 0. The Bertz CT molecular complexity index is 490. The zero-order valence-electron chi connectivity index (χ0n) is 9.94. The molecule has 88 valence electrons. The molecule has 0 aliphatic heterocycles. The summed E-state index contributed by atoms with van der Waals surface area (Å²) in [6, 6.07) is 6.05. The van der Waals surface area contributed by atoms with E-state index in [-0.39, 0.29) is 10.7 Å². The minimum absolute atomic E-state index is 0.00699. The van der Waals surface area contributed by atoms with E-state index in [1.54, 1.807) is 12.1 Å². The SMILES string of the molecule is CC(C)(C)C(=O)c1ccc(S(C)(=O)=O)cc1. The highest BCUT2D eigenvalue weighted by atomic mass is 32.2. The van der Waals surface area contributed by atoms with Crippen LogP contribution in [-0.2, 0) is 9.84 Å². The molecule has 0 bridgehead atoms. The third-order valence-electron chi connectivity index (χ3n) is 2.23. The highest BCUT2D eigenvalue weighted by Gasteiger charge is 2.22. The number of carbonyl (C=O) groups is 1. The molecule has 0 amide bonds. The van der Waals surface area contributed by atoms with Crippen LogP contribution in [0.4, 0.5) is 0 Å². The molecular formula is C12H16O3S. The summed E-state index contributed by atoms with van der Waals surface area (Å²) in [7, 11) is -3.19. The maximum atomic E-state index is 11.9. The minimum atomic E-state index is -3.19. The lowest BCUT2D eigenvalue weighted by Gasteiger charge is -2.16. The first-order valence-electron chi connectivity index (χ1n) is 4.97. The van der Waals surface area contributed by atoms with Crippen molar-refractivity contribution >= 4 is 15.6 Å². The van der Waals surface area contributed by atoms with Gasteiger partial charge in [0.05, 0.1) is 4.90 Å². The van der Waals surface area contributed by atoms with Gasteiger partial charge in [-0.15, -0.1) is 0 Å². The van der Waals surface area contributed by atoms with Crippen molar-refractivity contribution in [1.82, 2.24) is 0 Å². The first-order valence-corrected chi connectivity index (χ1v) is 6.86. The molecule has 1 aromatic rings. The lowest BCUT2D eigenvalue weighted by molar-refractivity contribution is 0.0858. The lowest BCUT2D eigenvalue weighted by atomic mass is 9.87. The van der Waals surface area contributed by atoms with E-state index in [0.717, 1.165) is 6.26 Å². The van der Waals surface area contributed by atoms with E-state index < -0.39 is 15.3 Å². The highest BCUT2D eigenvalue weighted by Crippen LogP contribution is 2.21. The number of rotatable bonds is 2. The summed E-state index contributed by atoms with van der Waals surface area (Å²) >= 11 is 0. The van der Waals surface area contributed by atoms with Crippen molar-refractivity contribution in [2.24, 2.45) is 5.41 Å². The molecule has 1 aromatic carbocycles.